The van der Waals surface area contributed by atoms with Crippen molar-refractivity contribution < 1.29 is 5.11 Å². The number of aryl methyl sites for hydroxylation is 2. The summed E-state index contributed by atoms with van der Waals surface area (Å²) < 4.78 is 0. The molecule has 0 saturated heterocycles. The molecule has 3 N–H and O–H groups in total. The van der Waals surface area contributed by atoms with E-state index >= 15 is 0 Å². The fourth-order valence-corrected chi connectivity index (χ4v) is 2.06. The van der Waals surface area contributed by atoms with E-state index in [2.05, 4.69) is 17.2 Å². The highest BCUT2D eigenvalue weighted by Crippen LogP contribution is 2.34. The zero-order valence-corrected chi connectivity index (χ0v) is 11.8. The number of phenols is 1. The molecule has 0 aromatic heterocycles. The molecule has 0 atom stereocenters. The van der Waals surface area contributed by atoms with Gasteiger partial charge in [-0.2, -0.15) is 0 Å². The SMILES string of the molecule is CCCc1cc(C)cc(N=Nc2ccccc2N)c1O. The lowest BCUT2D eigenvalue weighted by molar-refractivity contribution is 0.468. The van der Waals surface area contributed by atoms with Crippen LogP contribution in [0.1, 0.15) is 24.5 Å². The summed E-state index contributed by atoms with van der Waals surface area (Å²) in [7, 11) is 0. The van der Waals surface area contributed by atoms with Gasteiger partial charge in [-0.05, 0) is 42.7 Å². The molecule has 4 nitrogen and oxygen atoms in total. The fraction of sp³-hybridized carbons (Fsp3) is 0.250. The van der Waals surface area contributed by atoms with Crippen molar-refractivity contribution >= 4 is 17.1 Å². The molecular weight excluding hydrogens is 250 g/mol. The highest BCUT2D eigenvalue weighted by atomic mass is 16.3. The molecule has 0 aliphatic heterocycles. The first-order valence-electron chi connectivity index (χ1n) is 6.70. The van der Waals surface area contributed by atoms with E-state index in [0.717, 1.165) is 24.0 Å². The minimum Gasteiger partial charge on any atom is -0.505 e. The number of rotatable bonds is 4. The standard InChI is InChI=1S/C16H19N3O/c1-3-6-12-9-11(2)10-15(16(12)20)19-18-14-8-5-4-7-13(14)17/h4-5,7-10,20H,3,6,17H2,1-2H3. The Morgan fingerprint density at radius 1 is 1.10 bits per heavy atom. The summed E-state index contributed by atoms with van der Waals surface area (Å²) in [4.78, 5) is 0. The molecule has 4 heteroatoms. The van der Waals surface area contributed by atoms with Crippen molar-refractivity contribution in [1.29, 1.82) is 0 Å². The Kier molecular flexibility index (Phi) is 4.35. The number of nitrogens with zero attached hydrogens (tertiary/aromatic N) is 2. The maximum Gasteiger partial charge on any atom is 0.146 e. The number of nitrogens with two attached hydrogens (primary N) is 1. The van der Waals surface area contributed by atoms with Crippen molar-refractivity contribution in [2.24, 2.45) is 10.2 Å². The smallest absolute Gasteiger partial charge is 0.146 e. The second-order valence-corrected chi connectivity index (χ2v) is 4.80. The zero-order chi connectivity index (χ0) is 14.5. The molecule has 20 heavy (non-hydrogen) atoms. The monoisotopic (exact) mass is 269 g/mol. The molecule has 0 radical (unpaired) electrons. The van der Waals surface area contributed by atoms with Gasteiger partial charge in [-0.15, -0.1) is 10.2 Å². The number of benzene rings is 2. The van der Waals surface area contributed by atoms with Crippen LogP contribution in [0.4, 0.5) is 17.1 Å². The molecule has 0 aliphatic rings. The lowest BCUT2D eigenvalue weighted by Crippen LogP contribution is -1.87. The Labute approximate surface area is 119 Å². The predicted octanol–water partition coefficient (Wildman–Crippen LogP) is 4.65. The second-order valence-electron chi connectivity index (χ2n) is 4.80. The molecule has 0 saturated carbocycles. The number of hydrogen-bond acceptors (Lipinski definition) is 4. The quantitative estimate of drug-likeness (QED) is 0.626. The van der Waals surface area contributed by atoms with Crippen LogP contribution >= 0.6 is 0 Å². The van der Waals surface area contributed by atoms with Crippen LogP contribution in [-0.4, -0.2) is 5.11 Å². The lowest BCUT2D eigenvalue weighted by Gasteiger charge is -2.07. The minimum absolute atomic E-state index is 0.204. The molecule has 0 unspecified atom stereocenters. The van der Waals surface area contributed by atoms with E-state index in [1.54, 1.807) is 12.1 Å². The van der Waals surface area contributed by atoms with E-state index in [4.69, 9.17) is 5.73 Å². The van der Waals surface area contributed by atoms with Gasteiger partial charge >= 0.3 is 0 Å². The average Bonchev–Trinajstić information content (AvgIpc) is 2.42. The summed E-state index contributed by atoms with van der Waals surface area (Å²) >= 11 is 0. The van der Waals surface area contributed by atoms with E-state index in [-0.39, 0.29) is 5.75 Å². The molecular formula is C16H19N3O. The molecule has 0 aliphatic carbocycles. The van der Waals surface area contributed by atoms with Crippen molar-refractivity contribution in [3.8, 4) is 5.75 Å². The van der Waals surface area contributed by atoms with Crippen molar-refractivity contribution in [3.63, 3.8) is 0 Å². The normalized spacial score (nSPS) is 11.1. The number of para-hydroxylation sites is 1. The van der Waals surface area contributed by atoms with Gasteiger partial charge in [0, 0.05) is 0 Å². The number of azo groups is 1. The van der Waals surface area contributed by atoms with E-state index in [9.17, 15) is 5.11 Å². The maximum atomic E-state index is 10.2. The van der Waals surface area contributed by atoms with Crippen LogP contribution in [0.2, 0.25) is 0 Å². The first kappa shape index (κ1) is 14.1. The zero-order valence-electron chi connectivity index (χ0n) is 11.8. The third-order valence-electron chi connectivity index (χ3n) is 3.03. The Hall–Kier alpha value is -2.36. The molecule has 2 aromatic carbocycles. The van der Waals surface area contributed by atoms with E-state index in [1.165, 1.54) is 0 Å². The van der Waals surface area contributed by atoms with Crippen LogP contribution in [0.3, 0.4) is 0 Å². The number of anilines is 1. The van der Waals surface area contributed by atoms with E-state index in [0.29, 0.717) is 17.1 Å². The van der Waals surface area contributed by atoms with Crippen LogP contribution in [0.5, 0.6) is 5.75 Å². The lowest BCUT2D eigenvalue weighted by atomic mass is 10.0. The number of nitrogen functional groups attached to an aromatic ring is 1. The fourth-order valence-electron chi connectivity index (χ4n) is 2.06. The van der Waals surface area contributed by atoms with Gasteiger partial charge in [-0.25, -0.2) is 0 Å². The van der Waals surface area contributed by atoms with Crippen molar-refractivity contribution in [1.82, 2.24) is 0 Å². The van der Waals surface area contributed by atoms with Crippen LogP contribution in [0.15, 0.2) is 46.6 Å². The van der Waals surface area contributed by atoms with Crippen LogP contribution in [0, 0.1) is 6.92 Å². The minimum atomic E-state index is 0.204. The molecule has 0 heterocycles. The maximum absolute atomic E-state index is 10.2. The summed E-state index contributed by atoms with van der Waals surface area (Å²) in [6, 6.07) is 11.1. The molecule has 104 valence electrons. The van der Waals surface area contributed by atoms with Gasteiger partial charge in [0.1, 0.15) is 17.1 Å². The Bertz CT molecular complexity index is 636. The van der Waals surface area contributed by atoms with Crippen LogP contribution in [-0.2, 0) is 6.42 Å². The summed E-state index contributed by atoms with van der Waals surface area (Å²) in [6.45, 7) is 4.06. The van der Waals surface area contributed by atoms with Gasteiger partial charge in [-0.1, -0.05) is 31.5 Å². The highest BCUT2D eigenvalue weighted by molar-refractivity contribution is 5.62. The van der Waals surface area contributed by atoms with Gasteiger partial charge < -0.3 is 10.8 Å². The van der Waals surface area contributed by atoms with E-state index in [1.807, 2.05) is 31.2 Å². The van der Waals surface area contributed by atoms with Crippen LogP contribution < -0.4 is 5.73 Å². The van der Waals surface area contributed by atoms with Gasteiger partial charge in [0.15, 0.2) is 0 Å². The van der Waals surface area contributed by atoms with Crippen LogP contribution in [0.25, 0.3) is 0 Å². The summed E-state index contributed by atoms with van der Waals surface area (Å²) in [5.74, 6) is 0.204. The molecule has 0 spiro atoms. The topological polar surface area (TPSA) is 71.0 Å². The van der Waals surface area contributed by atoms with Crippen molar-refractivity contribution in [2.75, 3.05) is 5.73 Å². The third-order valence-corrected chi connectivity index (χ3v) is 3.03. The largest absolute Gasteiger partial charge is 0.505 e. The van der Waals surface area contributed by atoms with Gasteiger partial charge in [0.05, 0.1) is 5.69 Å². The first-order valence-corrected chi connectivity index (χ1v) is 6.70. The second kappa shape index (κ2) is 6.19. The first-order chi connectivity index (χ1) is 9.61. The number of phenolic OH excluding ortho intramolecular Hbond substituents is 1. The number of hydrogen-bond donors (Lipinski definition) is 2. The van der Waals surface area contributed by atoms with Gasteiger partial charge in [0.25, 0.3) is 0 Å². The molecule has 0 fully saturated rings. The number of aromatic hydroxyl groups is 1. The van der Waals surface area contributed by atoms with Crippen molar-refractivity contribution in [3.05, 3.63) is 47.5 Å². The van der Waals surface area contributed by atoms with Crippen molar-refractivity contribution in [2.45, 2.75) is 26.7 Å². The summed E-state index contributed by atoms with van der Waals surface area (Å²) in [5.41, 5.74) is 9.43. The highest BCUT2D eigenvalue weighted by Gasteiger charge is 2.08. The molecule has 2 rings (SSSR count). The van der Waals surface area contributed by atoms with Gasteiger partial charge in [0.2, 0.25) is 0 Å². The average molecular weight is 269 g/mol. The Morgan fingerprint density at radius 2 is 1.80 bits per heavy atom. The molecule has 0 bridgehead atoms. The predicted molar refractivity (Wildman–Crippen MR) is 81.9 cm³/mol. The van der Waals surface area contributed by atoms with Gasteiger partial charge in [-0.3, -0.25) is 0 Å². The third kappa shape index (κ3) is 3.15. The molecule has 2 aromatic rings. The Morgan fingerprint density at radius 3 is 2.50 bits per heavy atom. The summed E-state index contributed by atoms with van der Waals surface area (Å²) in [5, 5.41) is 18.5. The Balaban J connectivity index is 2.36. The summed E-state index contributed by atoms with van der Waals surface area (Å²) in [6.07, 6.45) is 1.79. The van der Waals surface area contributed by atoms with E-state index < -0.39 is 0 Å². The molecule has 0 amide bonds.